The van der Waals surface area contributed by atoms with E-state index in [4.69, 9.17) is 10.5 Å². The first-order chi connectivity index (χ1) is 11.8. The van der Waals surface area contributed by atoms with Gasteiger partial charge in [0.15, 0.2) is 0 Å². The summed E-state index contributed by atoms with van der Waals surface area (Å²) in [5.41, 5.74) is 5.88. The molecule has 4 heteroatoms. The van der Waals surface area contributed by atoms with Crippen LogP contribution in [-0.2, 0) is 9.53 Å². The normalized spacial score (nSPS) is 33.9. The Balaban J connectivity index is 1.54. The quantitative estimate of drug-likeness (QED) is 0.680. The van der Waals surface area contributed by atoms with Crippen LogP contribution in [0.2, 0.25) is 0 Å². The number of hydrogen-bond donors (Lipinski definition) is 1. The molecule has 0 radical (unpaired) electrons. The second-order valence-corrected chi connectivity index (χ2v) is 10.2. The summed E-state index contributed by atoms with van der Waals surface area (Å²) >= 11 is 0. The molecule has 0 saturated heterocycles. The van der Waals surface area contributed by atoms with Gasteiger partial charge >= 0.3 is 5.97 Å². The standard InChI is InChI=1S/C21H38N2O2/c1-20(2,3)25-19(24)15-23(7-4-6-22)8-5-21-12-16-9-17(13-21)11-18(10-16)14-21/h16-18H,4-15,22H2,1-3H3. The molecule has 4 rings (SSSR count). The highest BCUT2D eigenvalue weighted by Crippen LogP contribution is 2.61. The molecule has 0 spiro atoms. The fraction of sp³-hybridized carbons (Fsp3) is 0.952. The Morgan fingerprint density at radius 2 is 1.64 bits per heavy atom. The minimum atomic E-state index is -0.406. The summed E-state index contributed by atoms with van der Waals surface area (Å²) in [6, 6.07) is 0. The SMILES string of the molecule is CC(C)(C)OC(=O)CN(CCCN)CCC12CC3CC(CC(C3)C1)C2. The lowest BCUT2D eigenvalue weighted by atomic mass is 9.49. The van der Waals surface area contributed by atoms with Gasteiger partial charge in [-0.25, -0.2) is 0 Å². The van der Waals surface area contributed by atoms with Crippen LogP contribution in [0.15, 0.2) is 0 Å². The van der Waals surface area contributed by atoms with Gasteiger partial charge in [-0.3, -0.25) is 9.69 Å². The lowest BCUT2D eigenvalue weighted by Gasteiger charge is -2.57. The third-order valence-corrected chi connectivity index (χ3v) is 6.57. The van der Waals surface area contributed by atoms with E-state index in [1.54, 1.807) is 0 Å². The topological polar surface area (TPSA) is 55.6 Å². The monoisotopic (exact) mass is 350 g/mol. The Labute approximate surface area is 153 Å². The number of rotatable bonds is 8. The maximum atomic E-state index is 12.3. The molecule has 0 aliphatic heterocycles. The van der Waals surface area contributed by atoms with Gasteiger partial charge in [-0.2, -0.15) is 0 Å². The van der Waals surface area contributed by atoms with Gasteiger partial charge in [-0.15, -0.1) is 0 Å². The molecule has 0 atom stereocenters. The minimum absolute atomic E-state index is 0.102. The summed E-state index contributed by atoms with van der Waals surface area (Å²) in [5.74, 6) is 2.88. The zero-order valence-electron chi connectivity index (χ0n) is 16.6. The smallest absolute Gasteiger partial charge is 0.320 e. The van der Waals surface area contributed by atoms with Crippen LogP contribution in [0.5, 0.6) is 0 Å². The Morgan fingerprint density at radius 3 is 2.12 bits per heavy atom. The Hall–Kier alpha value is -0.610. The van der Waals surface area contributed by atoms with E-state index in [2.05, 4.69) is 4.90 Å². The summed E-state index contributed by atoms with van der Waals surface area (Å²) in [6.07, 6.45) is 11.0. The summed E-state index contributed by atoms with van der Waals surface area (Å²) < 4.78 is 5.53. The van der Waals surface area contributed by atoms with Gasteiger partial charge in [0.2, 0.25) is 0 Å². The van der Waals surface area contributed by atoms with Gasteiger partial charge in [0.1, 0.15) is 5.60 Å². The fourth-order valence-corrected chi connectivity index (χ4v) is 6.13. The molecule has 0 unspecified atom stereocenters. The first-order valence-corrected chi connectivity index (χ1v) is 10.4. The molecule has 2 N–H and O–H groups in total. The molecule has 4 saturated carbocycles. The van der Waals surface area contributed by atoms with Crippen molar-refractivity contribution in [1.82, 2.24) is 4.90 Å². The van der Waals surface area contributed by atoms with Crippen LogP contribution in [0.4, 0.5) is 0 Å². The molecule has 25 heavy (non-hydrogen) atoms. The van der Waals surface area contributed by atoms with Crippen LogP contribution < -0.4 is 5.73 Å². The molecule has 4 fully saturated rings. The lowest BCUT2D eigenvalue weighted by Crippen LogP contribution is -2.47. The molecular weight excluding hydrogens is 312 g/mol. The number of carbonyl (C=O) groups excluding carboxylic acids is 1. The molecule has 0 aromatic rings. The van der Waals surface area contributed by atoms with Crippen molar-refractivity contribution in [3.63, 3.8) is 0 Å². The predicted molar refractivity (Wildman–Crippen MR) is 101 cm³/mol. The van der Waals surface area contributed by atoms with E-state index in [1.807, 2.05) is 20.8 Å². The number of carbonyl (C=O) groups is 1. The van der Waals surface area contributed by atoms with Crippen LogP contribution in [0.3, 0.4) is 0 Å². The summed E-state index contributed by atoms with van der Waals surface area (Å²) in [4.78, 5) is 14.6. The van der Waals surface area contributed by atoms with E-state index >= 15 is 0 Å². The average molecular weight is 351 g/mol. The molecule has 0 amide bonds. The van der Waals surface area contributed by atoms with Gasteiger partial charge < -0.3 is 10.5 Å². The largest absolute Gasteiger partial charge is 0.459 e. The maximum absolute atomic E-state index is 12.3. The zero-order chi connectivity index (χ0) is 18.1. The molecule has 4 nitrogen and oxygen atoms in total. The summed E-state index contributed by atoms with van der Waals surface area (Å²) in [7, 11) is 0. The van der Waals surface area contributed by atoms with Gasteiger partial charge in [0, 0.05) is 0 Å². The van der Waals surface area contributed by atoms with Crippen LogP contribution in [0.25, 0.3) is 0 Å². The molecular formula is C21H38N2O2. The van der Waals surface area contributed by atoms with Crippen molar-refractivity contribution >= 4 is 5.97 Å². The van der Waals surface area contributed by atoms with Crippen molar-refractivity contribution in [2.75, 3.05) is 26.2 Å². The van der Waals surface area contributed by atoms with Crippen LogP contribution >= 0.6 is 0 Å². The molecule has 0 aromatic heterocycles. The highest BCUT2D eigenvalue weighted by Gasteiger charge is 2.50. The van der Waals surface area contributed by atoms with E-state index in [-0.39, 0.29) is 5.97 Å². The molecule has 0 aromatic carbocycles. The predicted octanol–water partition coefficient (Wildman–Crippen LogP) is 3.59. The van der Waals surface area contributed by atoms with E-state index < -0.39 is 5.60 Å². The van der Waals surface area contributed by atoms with Crippen LogP contribution in [0, 0.1) is 23.2 Å². The van der Waals surface area contributed by atoms with E-state index in [0.717, 1.165) is 37.3 Å². The van der Waals surface area contributed by atoms with Crippen molar-refractivity contribution in [1.29, 1.82) is 0 Å². The first-order valence-electron chi connectivity index (χ1n) is 10.4. The molecule has 4 bridgehead atoms. The van der Waals surface area contributed by atoms with E-state index in [1.165, 1.54) is 44.9 Å². The van der Waals surface area contributed by atoms with E-state index in [9.17, 15) is 4.79 Å². The van der Waals surface area contributed by atoms with Crippen molar-refractivity contribution in [2.24, 2.45) is 28.9 Å². The van der Waals surface area contributed by atoms with Crippen molar-refractivity contribution < 1.29 is 9.53 Å². The first kappa shape index (κ1) is 19.2. The van der Waals surface area contributed by atoms with Crippen LogP contribution in [-0.4, -0.2) is 42.6 Å². The Kier molecular flexibility index (Phi) is 5.79. The summed E-state index contributed by atoms with van der Waals surface area (Å²) in [6.45, 7) is 8.82. The third kappa shape index (κ3) is 5.19. The lowest BCUT2D eigenvalue weighted by molar-refractivity contribution is -0.156. The van der Waals surface area contributed by atoms with Gasteiger partial charge in [0.05, 0.1) is 6.54 Å². The molecule has 144 valence electrons. The highest BCUT2D eigenvalue weighted by atomic mass is 16.6. The third-order valence-electron chi connectivity index (χ3n) is 6.57. The van der Waals surface area contributed by atoms with Crippen molar-refractivity contribution in [3.05, 3.63) is 0 Å². The van der Waals surface area contributed by atoms with Crippen molar-refractivity contribution in [3.8, 4) is 0 Å². The number of nitrogens with two attached hydrogens (primary N) is 1. The van der Waals surface area contributed by atoms with E-state index in [0.29, 0.717) is 18.5 Å². The fourth-order valence-electron chi connectivity index (χ4n) is 6.13. The highest BCUT2D eigenvalue weighted by molar-refractivity contribution is 5.72. The number of esters is 1. The number of nitrogens with zero attached hydrogens (tertiary/aromatic N) is 1. The maximum Gasteiger partial charge on any atom is 0.320 e. The molecule has 0 heterocycles. The van der Waals surface area contributed by atoms with Crippen molar-refractivity contribution in [2.45, 2.75) is 77.7 Å². The van der Waals surface area contributed by atoms with Crippen LogP contribution in [0.1, 0.15) is 72.1 Å². The Morgan fingerprint density at radius 1 is 1.08 bits per heavy atom. The minimum Gasteiger partial charge on any atom is -0.459 e. The second-order valence-electron chi connectivity index (χ2n) is 10.2. The average Bonchev–Trinajstić information content (AvgIpc) is 2.47. The number of ether oxygens (including phenoxy) is 1. The van der Waals surface area contributed by atoms with Gasteiger partial charge in [-0.05, 0) is 115 Å². The molecule has 4 aliphatic carbocycles. The van der Waals surface area contributed by atoms with Gasteiger partial charge in [0.25, 0.3) is 0 Å². The summed E-state index contributed by atoms with van der Waals surface area (Å²) in [5, 5.41) is 0. The number of hydrogen-bond acceptors (Lipinski definition) is 4. The molecule has 4 aliphatic rings. The Bertz CT molecular complexity index is 434. The zero-order valence-corrected chi connectivity index (χ0v) is 16.6. The van der Waals surface area contributed by atoms with Gasteiger partial charge in [-0.1, -0.05) is 0 Å². The second kappa shape index (κ2) is 7.56.